The quantitative estimate of drug-likeness (QED) is 0.931. The van der Waals surface area contributed by atoms with Crippen LogP contribution in [0.25, 0.3) is 0 Å². The second-order valence-corrected chi connectivity index (χ2v) is 4.92. The van der Waals surface area contributed by atoms with Crippen LogP contribution in [0.2, 0.25) is 0 Å². The monoisotopic (exact) mass is 318 g/mol. The van der Waals surface area contributed by atoms with Crippen LogP contribution in [0.5, 0.6) is 11.5 Å². The molecule has 0 unspecified atom stereocenters. The Hall–Kier alpha value is -2.12. The lowest BCUT2D eigenvalue weighted by Gasteiger charge is -2.29. The predicted octanol–water partition coefficient (Wildman–Crippen LogP) is 2.33. The first kappa shape index (κ1) is 16.3. The molecule has 0 radical (unpaired) electrons. The molecule has 1 aromatic carbocycles. The molecule has 2 amide bonds. The van der Waals surface area contributed by atoms with Crippen molar-refractivity contribution in [1.29, 1.82) is 0 Å². The van der Waals surface area contributed by atoms with Gasteiger partial charge >= 0.3 is 12.2 Å². The van der Waals surface area contributed by atoms with Gasteiger partial charge in [-0.3, -0.25) is 0 Å². The number of urea groups is 1. The van der Waals surface area contributed by atoms with E-state index in [1.54, 1.807) is 6.07 Å². The molecular weight excluding hydrogens is 301 g/mol. The van der Waals surface area contributed by atoms with Crippen LogP contribution in [0.3, 0.4) is 0 Å². The van der Waals surface area contributed by atoms with Gasteiger partial charge in [0.1, 0.15) is 6.54 Å². The van der Waals surface area contributed by atoms with E-state index in [9.17, 15) is 18.0 Å². The Labute approximate surface area is 126 Å². The number of methoxy groups -OCH3 is 2. The molecule has 8 heteroatoms. The van der Waals surface area contributed by atoms with Crippen molar-refractivity contribution in [1.82, 2.24) is 10.2 Å². The molecule has 1 aliphatic heterocycles. The van der Waals surface area contributed by atoms with E-state index in [-0.39, 0.29) is 6.54 Å². The van der Waals surface area contributed by atoms with E-state index in [1.807, 2.05) is 11.4 Å². The van der Waals surface area contributed by atoms with Crippen LogP contribution in [0.15, 0.2) is 12.1 Å². The van der Waals surface area contributed by atoms with Crippen molar-refractivity contribution in [3.05, 3.63) is 23.3 Å². The summed E-state index contributed by atoms with van der Waals surface area (Å²) >= 11 is 0. The summed E-state index contributed by atoms with van der Waals surface area (Å²) in [4.78, 5) is 13.1. The molecule has 0 saturated heterocycles. The average molecular weight is 318 g/mol. The zero-order valence-corrected chi connectivity index (χ0v) is 12.3. The van der Waals surface area contributed by atoms with E-state index in [2.05, 4.69) is 0 Å². The van der Waals surface area contributed by atoms with Gasteiger partial charge in [0.25, 0.3) is 0 Å². The zero-order valence-electron chi connectivity index (χ0n) is 12.3. The number of halogens is 3. The second-order valence-electron chi connectivity index (χ2n) is 4.92. The first-order valence-corrected chi connectivity index (χ1v) is 6.67. The largest absolute Gasteiger partial charge is 0.493 e. The molecule has 1 N–H and O–H groups in total. The van der Waals surface area contributed by atoms with Crippen LogP contribution in [-0.2, 0) is 13.0 Å². The molecule has 0 fully saturated rings. The highest BCUT2D eigenvalue weighted by Gasteiger charge is 2.30. The maximum atomic E-state index is 12.1. The van der Waals surface area contributed by atoms with Gasteiger partial charge in [0.15, 0.2) is 11.5 Å². The van der Waals surface area contributed by atoms with E-state index in [0.717, 1.165) is 11.1 Å². The predicted molar refractivity (Wildman–Crippen MR) is 73.1 cm³/mol. The molecule has 0 saturated carbocycles. The number of amides is 2. The highest BCUT2D eigenvalue weighted by molar-refractivity contribution is 5.74. The van der Waals surface area contributed by atoms with Gasteiger partial charge in [-0.15, -0.1) is 0 Å². The summed E-state index contributed by atoms with van der Waals surface area (Å²) in [6.45, 7) is -0.743. The maximum Gasteiger partial charge on any atom is 0.405 e. The summed E-state index contributed by atoms with van der Waals surface area (Å²) in [5, 5.41) is 1.88. The van der Waals surface area contributed by atoms with Crippen LogP contribution < -0.4 is 14.8 Å². The standard InChI is InChI=1S/C14H17F3N2O3/c1-21-11-5-9-3-4-19(7-10(9)6-12(11)22-2)13(20)18-8-14(15,16)17/h5-6H,3-4,7-8H2,1-2H3,(H,18,20). The minimum atomic E-state index is -4.42. The number of carbonyl (C=O) groups excluding carboxylic acids is 1. The molecule has 0 atom stereocenters. The van der Waals surface area contributed by atoms with E-state index in [4.69, 9.17) is 9.47 Å². The van der Waals surface area contributed by atoms with Crippen LogP contribution in [0, 0.1) is 0 Å². The lowest BCUT2D eigenvalue weighted by Crippen LogP contribution is -2.45. The highest BCUT2D eigenvalue weighted by Crippen LogP contribution is 2.33. The molecule has 122 valence electrons. The third-order valence-corrected chi connectivity index (χ3v) is 3.45. The number of fused-ring (bicyclic) bond motifs is 1. The van der Waals surface area contributed by atoms with E-state index in [1.165, 1.54) is 19.1 Å². The molecule has 22 heavy (non-hydrogen) atoms. The summed E-state index contributed by atoms with van der Waals surface area (Å²) in [6.07, 6.45) is -3.87. The molecule has 2 rings (SSSR count). The van der Waals surface area contributed by atoms with Crippen molar-refractivity contribution in [2.45, 2.75) is 19.1 Å². The topological polar surface area (TPSA) is 50.8 Å². The van der Waals surface area contributed by atoms with Gasteiger partial charge in [0.2, 0.25) is 0 Å². The highest BCUT2D eigenvalue weighted by atomic mass is 19.4. The van der Waals surface area contributed by atoms with Crippen LogP contribution >= 0.6 is 0 Å². The van der Waals surface area contributed by atoms with Crippen molar-refractivity contribution in [2.75, 3.05) is 27.3 Å². The number of carbonyl (C=O) groups is 1. The molecule has 0 aliphatic carbocycles. The van der Waals surface area contributed by atoms with Crippen molar-refractivity contribution in [3.8, 4) is 11.5 Å². The Kier molecular flexibility index (Phi) is 4.68. The number of alkyl halides is 3. The Morgan fingerprint density at radius 1 is 1.23 bits per heavy atom. The summed E-state index contributed by atoms with van der Waals surface area (Å²) < 4.78 is 46.8. The van der Waals surface area contributed by atoms with Gasteiger partial charge in [-0.1, -0.05) is 0 Å². The Bertz CT molecular complexity index is 561. The van der Waals surface area contributed by atoms with Gasteiger partial charge in [-0.25, -0.2) is 4.79 Å². The van der Waals surface area contributed by atoms with Gasteiger partial charge < -0.3 is 19.7 Å². The first-order chi connectivity index (χ1) is 10.3. The molecule has 0 aromatic heterocycles. The normalized spacial score (nSPS) is 14.3. The second kappa shape index (κ2) is 6.33. The van der Waals surface area contributed by atoms with Gasteiger partial charge in [0, 0.05) is 13.1 Å². The Balaban J connectivity index is 2.09. The fourth-order valence-corrected chi connectivity index (χ4v) is 2.34. The van der Waals surface area contributed by atoms with Crippen molar-refractivity contribution >= 4 is 6.03 Å². The molecular formula is C14H17F3N2O3. The SMILES string of the molecule is COc1cc2c(cc1OC)CN(C(=O)NCC(F)(F)F)CC2. The molecule has 1 aromatic rings. The number of rotatable bonds is 3. The lowest BCUT2D eigenvalue weighted by atomic mass is 9.99. The Morgan fingerprint density at radius 3 is 2.36 bits per heavy atom. The number of hydrogen-bond acceptors (Lipinski definition) is 3. The third kappa shape index (κ3) is 3.75. The first-order valence-electron chi connectivity index (χ1n) is 6.67. The number of ether oxygens (including phenoxy) is 2. The van der Waals surface area contributed by atoms with Crippen LogP contribution in [0.1, 0.15) is 11.1 Å². The molecule has 1 aliphatic rings. The van der Waals surface area contributed by atoms with Crippen LogP contribution in [-0.4, -0.2) is 44.4 Å². The average Bonchev–Trinajstić information content (AvgIpc) is 2.49. The van der Waals surface area contributed by atoms with E-state index < -0.39 is 18.8 Å². The fraction of sp³-hybridized carbons (Fsp3) is 0.500. The van der Waals surface area contributed by atoms with Crippen LogP contribution in [0.4, 0.5) is 18.0 Å². The smallest absolute Gasteiger partial charge is 0.405 e. The number of hydrogen-bond donors (Lipinski definition) is 1. The summed E-state index contributed by atoms with van der Waals surface area (Å²) in [6, 6.07) is 2.86. The summed E-state index contributed by atoms with van der Waals surface area (Å²) in [5.41, 5.74) is 1.84. The minimum absolute atomic E-state index is 0.235. The van der Waals surface area contributed by atoms with Crippen molar-refractivity contribution in [3.63, 3.8) is 0 Å². The molecule has 5 nitrogen and oxygen atoms in total. The molecule has 1 heterocycles. The number of benzene rings is 1. The lowest BCUT2D eigenvalue weighted by molar-refractivity contribution is -0.123. The molecule has 0 spiro atoms. The van der Waals surface area contributed by atoms with Gasteiger partial charge in [-0.2, -0.15) is 13.2 Å². The summed E-state index contributed by atoms with van der Waals surface area (Å²) in [7, 11) is 3.03. The van der Waals surface area contributed by atoms with Crippen molar-refractivity contribution < 1.29 is 27.4 Å². The zero-order chi connectivity index (χ0) is 16.3. The minimum Gasteiger partial charge on any atom is -0.493 e. The number of nitrogens with one attached hydrogen (secondary N) is 1. The summed E-state index contributed by atoms with van der Waals surface area (Å²) in [5.74, 6) is 1.12. The number of nitrogens with zero attached hydrogens (tertiary/aromatic N) is 1. The fourth-order valence-electron chi connectivity index (χ4n) is 2.34. The van der Waals surface area contributed by atoms with Crippen molar-refractivity contribution in [2.24, 2.45) is 0 Å². The van der Waals surface area contributed by atoms with E-state index in [0.29, 0.717) is 24.5 Å². The third-order valence-electron chi connectivity index (χ3n) is 3.45. The van der Waals surface area contributed by atoms with Gasteiger partial charge in [-0.05, 0) is 29.7 Å². The Morgan fingerprint density at radius 2 is 1.82 bits per heavy atom. The van der Waals surface area contributed by atoms with E-state index >= 15 is 0 Å². The molecule has 0 bridgehead atoms. The maximum absolute atomic E-state index is 12.1. The van der Waals surface area contributed by atoms with Gasteiger partial charge in [0.05, 0.1) is 14.2 Å².